The minimum atomic E-state index is -0.676. The summed E-state index contributed by atoms with van der Waals surface area (Å²) in [6, 6.07) is 70.6. The summed E-state index contributed by atoms with van der Waals surface area (Å²) in [5.74, 6) is 2.41. The maximum absolute atomic E-state index is 6.84. The van der Waals surface area contributed by atoms with Gasteiger partial charge in [-0.3, -0.25) is 0 Å². The highest BCUT2D eigenvalue weighted by Gasteiger charge is 2.53. The number of nitrogens with zero attached hydrogens (tertiary/aromatic N) is 3. The van der Waals surface area contributed by atoms with Crippen LogP contribution >= 0.6 is 0 Å². The summed E-state index contributed by atoms with van der Waals surface area (Å²) in [6.45, 7) is 0. The van der Waals surface area contributed by atoms with Gasteiger partial charge < -0.3 is 4.74 Å². The van der Waals surface area contributed by atoms with Gasteiger partial charge >= 0.3 is 0 Å². The average Bonchev–Trinajstić information content (AvgIpc) is 3.60. The normalized spacial score (nSPS) is 14.8. The first-order valence-corrected chi connectivity index (χ1v) is 19.7. The van der Waals surface area contributed by atoms with Gasteiger partial charge in [0.05, 0.1) is 27.8 Å². The van der Waals surface area contributed by atoms with Crippen LogP contribution in [-0.4, -0.2) is 15.0 Å². The van der Waals surface area contributed by atoms with E-state index in [2.05, 4.69) is 182 Å². The third-order valence-corrected chi connectivity index (χ3v) is 11.9. The molecular weight excluding hydrogens is 707 g/mol. The van der Waals surface area contributed by atoms with Crippen LogP contribution in [0.3, 0.4) is 0 Å². The second-order valence-corrected chi connectivity index (χ2v) is 15.1. The fourth-order valence-corrected chi connectivity index (χ4v) is 9.45. The number of benzene rings is 8. The lowest BCUT2D eigenvalue weighted by Crippen LogP contribution is -2.32. The summed E-state index contributed by atoms with van der Waals surface area (Å²) in [7, 11) is 0. The molecule has 0 radical (unpaired) electrons. The lowest BCUT2D eigenvalue weighted by molar-refractivity contribution is 0.437. The van der Waals surface area contributed by atoms with Gasteiger partial charge in [-0.05, 0) is 58.1 Å². The van der Waals surface area contributed by atoms with Gasteiger partial charge in [0.25, 0.3) is 0 Å². The van der Waals surface area contributed by atoms with Crippen LogP contribution < -0.4 is 4.74 Å². The van der Waals surface area contributed by atoms with Gasteiger partial charge in [-0.1, -0.05) is 170 Å². The van der Waals surface area contributed by atoms with Crippen LogP contribution in [0.1, 0.15) is 22.3 Å². The third-order valence-electron chi connectivity index (χ3n) is 11.9. The molecular formula is C54H33N3O. The summed E-state index contributed by atoms with van der Waals surface area (Å²) in [4.78, 5) is 15.6. The van der Waals surface area contributed by atoms with Crippen LogP contribution in [0.5, 0.6) is 11.5 Å². The molecule has 2 aromatic heterocycles. The Labute approximate surface area is 335 Å². The summed E-state index contributed by atoms with van der Waals surface area (Å²) in [6.07, 6.45) is 0. The Morgan fingerprint density at radius 3 is 1.71 bits per heavy atom. The number of rotatable bonds is 4. The molecule has 12 rings (SSSR count). The van der Waals surface area contributed by atoms with Gasteiger partial charge in [0.15, 0.2) is 5.82 Å². The SMILES string of the molecule is c1ccc(-c2nc3ccccc3c3c2-c2ccccc2C32c3ccccc3Oc3ccc(-c4ccc(-c5nc(-c6ccccc6)c6ccccc6n5)cc4)cc32)cc1. The maximum Gasteiger partial charge on any atom is 0.160 e. The van der Waals surface area contributed by atoms with Crippen molar-refractivity contribution in [2.45, 2.75) is 5.41 Å². The van der Waals surface area contributed by atoms with Crippen molar-refractivity contribution in [1.29, 1.82) is 0 Å². The first-order chi connectivity index (χ1) is 28.8. The zero-order chi connectivity index (χ0) is 38.2. The van der Waals surface area contributed by atoms with Crippen molar-refractivity contribution in [1.82, 2.24) is 15.0 Å². The van der Waals surface area contributed by atoms with Crippen LogP contribution in [-0.2, 0) is 5.41 Å². The number of aromatic nitrogens is 3. The zero-order valence-corrected chi connectivity index (χ0v) is 31.3. The van der Waals surface area contributed by atoms with E-state index in [-0.39, 0.29) is 0 Å². The van der Waals surface area contributed by atoms with E-state index in [0.717, 1.165) is 83.6 Å². The number of pyridine rings is 1. The van der Waals surface area contributed by atoms with E-state index in [1.54, 1.807) is 0 Å². The van der Waals surface area contributed by atoms with Crippen LogP contribution in [0.4, 0.5) is 0 Å². The second-order valence-electron chi connectivity index (χ2n) is 15.1. The van der Waals surface area contributed by atoms with E-state index in [4.69, 9.17) is 19.7 Å². The fraction of sp³-hybridized carbons (Fsp3) is 0.0185. The first-order valence-electron chi connectivity index (χ1n) is 19.7. The van der Waals surface area contributed by atoms with E-state index in [1.807, 2.05) is 18.2 Å². The Kier molecular flexibility index (Phi) is 7.11. The molecule has 10 aromatic rings. The Balaban J connectivity index is 1.07. The highest BCUT2D eigenvalue weighted by Crippen LogP contribution is 2.64. The van der Waals surface area contributed by atoms with Crippen molar-refractivity contribution in [3.63, 3.8) is 0 Å². The number of ether oxygens (including phenoxy) is 1. The monoisotopic (exact) mass is 739 g/mol. The summed E-state index contributed by atoms with van der Waals surface area (Å²) in [5, 5.41) is 2.17. The molecule has 58 heavy (non-hydrogen) atoms. The molecule has 0 saturated carbocycles. The van der Waals surface area contributed by atoms with E-state index in [9.17, 15) is 0 Å². The third kappa shape index (κ3) is 4.72. The van der Waals surface area contributed by atoms with Crippen molar-refractivity contribution in [2.75, 3.05) is 0 Å². The molecule has 0 amide bonds. The molecule has 2 aliphatic rings. The number of hydrogen-bond donors (Lipinski definition) is 0. The van der Waals surface area contributed by atoms with Crippen molar-refractivity contribution in [2.24, 2.45) is 0 Å². The summed E-state index contributed by atoms with van der Waals surface area (Å²) in [5.41, 5.74) is 15.5. The molecule has 1 spiro atoms. The molecule has 1 unspecified atom stereocenters. The molecule has 1 aliphatic heterocycles. The number of fused-ring (bicyclic) bond motifs is 12. The summed E-state index contributed by atoms with van der Waals surface area (Å²) < 4.78 is 6.84. The van der Waals surface area contributed by atoms with Crippen LogP contribution in [0.2, 0.25) is 0 Å². The van der Waals surface area contributed by atoms with Crippen LogP contribution in [0.25, 0.3) is 78.0 Å². The minimum absolute atomic E-state index is 0.676. The van der Waals surface area contributed by atoms with E-state index < -0.39 is 5.41 Å². The zero-order valence-electron chi connectivity index (χ0n) is 31.3. The molecule has 4 heteroatoms. The average molecular weight is 740 g/mol. The molecule has 3 heterocycles. The van der Waals surface area contributed by atoms with Gasteiger partial charge in [-0.2, -0.15) is 0 Å². The van der Waals surface area contributed by atoms with Crippen LogP contribution in [0, 0.1) is 0 Å². The predicted octanol–water partition coefficient (Wildman–Crippen LogP) is 13.3. The van der Waals surface area contributed by atoms with Gasteiger partial charge in [0.1, 0.15) is 11.5 Å². The van der Waals surface area contributed by atoms with E-state index >= 15 is 0 Å². The molecule has 0 saturated heterocycles. The number of para-hydroxylation sites is 3. The lowest BCUT2D eigenvalue weighted by Gasteiger charge is -2.40. The van der Waals surface area contributed by atoms with E-state index in [0.29, 0.717) is 5.82 Å². The van der Waals surface area contributed by atoms with Crippen LogP contribution in [0.15, 0.2) is 200 Å². The van der Waals surface area contributed by atoms with Gasteiger partial charge in [-0.25, -0.2) is 15.0 Å². The minimum Gasteiger partial charge on any atom is -0.457 e. The van der Waals surface area contributed by atoms with Crippen molar-refractivity contribution in [3.8, 4) is 67.7 Å². The first kappa shape index (κ1) is 32.5. The standard InChI is InChI=1S/C54H33N3O/c1-3-15-35(16-4-1)51-41-21-9-13-25-46(41)56-53(57-51)37-29-27-34(28-30-37)38-31-32-48-44(33-38)54(43-23-11-14-26-47(43)58-48)42-22-10-7-19-39(42)49-50(54)40-20-8-12-24-45(40)55-52(49)36-17-5-2-6-18-36/h1-33H. The van der Waals surface area contributed by atoms with E-state index in [1.165, 1.54) is 22.3 Å². The highest BCUT2D eigenvalue weighted by atomic mass is 16.5. The van der Waals surface area contributed by atoms with Gasteiger partial charge in [0.2, 0.25) is 0 Å². The highest BCUT2D eigenvalue weighted by molar-refractivity contribution is 6.04. The number of hydrogen-bond acceptors (Lipinski definition) is 4. The van der Waals surface area contributed by atoms with Crippen molar-refractivity contribution < 1.29 is 4.74 Å². The van der Waals surface area contributed by atoms with Gasteiger partial charge in [-0.15, -0.1) is 0 Å². The quantitative estimate of drug-likeness (QED) is 0.180. The Bertz CT molecular complexity index is 3250. The predicted molar refractivity (Wildman–Crippen MR) is 234 cm³/mol. The maximum atomic E-state index is 6.84. The Morgan fingerprint density at radius 1 is 0.362 bits per heavy atom. The Morgan fingerprint density at radius 2 is 0.931 bits per heavy atom. The molecule has 1 atom stereocenters. The molecule has 0 fully saturated rings. The molecule has 0 N–H and O–H groups in total. The molecule has 270 valence electrons. The smallest absolute Gasteiger partial charge is 0.160 e. The fourth-order valence-electron chi connectivity index (χ4n) is 9.45. The second kappa shape index (κ2) is 12.7. The molecule has 0 bridgehead atoms. The van der Waals surface area contributed by atoms with Gasteiger partial charge in [0, 0.05) is 44.2 Å². The Hall–Kier alpha value is -7.69. The molecule has 1 aliphatic carbocycles. The molecule has 4 nitrogen and oxygen atoms in total. The van der Waals surface area contributed by atoms with Crippen molar-refractivity contribution >= 4 is 21.8 Å². The summed E-state index contributed by atoms with van der Waals surface area (Å²) >= 11 is 0. The molecule has 8 aromatic carbocycles. The topological polar surface area (TPSA) is 47.9 Å². The van der Waals surface area contributed by atoms with Crippen molar-refractivity contribution in [3.05, 3.63) is 222 Å². The largest absolute Gasteiger partial charge is 0.457 e. The lowest BCUT2D eigenvalue weighted by atomic mass is 9.65.